The van der Waals surface area contributed by atoms with Crippen LogP contribution in [0.5, 0.6) is 0 Å². The molecule has 0 saturated carbocycles. The predicted molar refractivity (Wildman–Crippen MR) is 251 cm³/mol. The van der Waals surface area contributed by atoms with Crippen LogP contribution in [0, 0.1) is 0 Å². The molecule has 0 aromatic carbocycles. The van der Waals surface area contributed by atoms with Gasteiger partial charge in [0.1, 0.15) is 6.61 Å². The Morgan fingerprint density at radius 1 is 0.397 bits per heavy atom. The maximum absolute atomic E-state index is 12.7. The number of allylic oxidation sites excluding steroid dienone is 14. The van der Waals surface area contributed by atoms with Crippen LogP contribution in [-0.4, -0.2) is 37.9 Å². The second kappa shape index (κ2) is 48.4. The van der Waals surface area contributed by atoms with Crippen molar-refractivity contribution in [2.75, 3.05) is 19.8 Å². The van der Waals surface area contributed by atoms with Gasteiger partial charge in [0, 0.05) is 19.4 Å². The standard InChI is InChI=1S/C53H90O5/c1-4-7-10-13-16-19-21-23-25-27-28-30-32-35-37-40-43-46-52(54)57-50-51(58-53(55)47-44-41-38-34-18-15-12-9-6-3)49-56-48-45-42-39-36-33-31-29-26-24-22-20-17-14-11-8-5-2/h7,10,16-17,19-20,23-26,28,30,35,37,51H,4-6,8-9,11-15,18,21-22,27,29,31-34,36,38-50H2,1-3H3/b10-7-,19-16-,20-17-,25-23-,26-24-,30-28-,37-35-. The highest BCUT2D eigenvalue weighted by atomic mass is 16.6. The Morgan fingerprint density at radius 2 is 0.793 bits per heavy atom. The Hall–Kier alpha value is -2.92. The van der Waals surface area contributed by atoms with Gasteiger partial charge in [-0.15, -0.1) is 0 Å². The summed E-state index contributed by atoms with van der Waals surface area (Å²) in [7, 11) is 0. The minimum atomic E-state index is -0.564. The fourth-order valence-electron chi connectivity index (χ4n) is 6.34. The van der Waals surface area contributed by atoms with Crippen LogP contribution in [0.1, 0.15) is 213 Å². The van der Waals surface area contributed by atoms with Crippen molar-refractivity contribution in [2.45, 2.75) is 219 Å². The van der Waals surface area contributed by atoms with E-state index in [1.54, 1.807) is 0 Å². The first-order valence-corrected chi connectivity index (χ1v) is 24.1. The van der Waals surface area contributed by atoms with Gasteiger partial charge in [-0.1, -0.05) is 196 Å². The molecule has 0 radical (unpaired) electrons. The van der Waals surface area contributed by atoms with Gasteiger partial charge in [-0.25, -0.2) is 0 Å². The van der Waals surface area contributed by atoms with Crippen LogP contribution in [0.3, 0.4) is 0 Å². The van der Waals surface area contributed by atoms with Gasteiger partial charge in [-0.3, -0.25) is 9.59 Å². The number of unbranched alkanes of at least 4 members (excludes halogenated alkanes) is 18. The van der Waals surface area contributed by atoms with Crippen LogP contribution in [0.2, 0.25) is 0 Å². The number of carbonyl (C=O) groups excluding carboxylic acids is 2. The molecule has 58 heavy (non-hydrogen) atoms. The van der Waals surface area contributed by atoms with Gasteiger partial charge in [-0.05, 0) is 89.9 Å². The maximum atomic E-state index is 12.7. The van der Waals surface area contributed by atoms with E-state index in [1.165, 1.54) is 96.3 Å². The summed E-state index contributed by atoms with van der Waals surface area (Å²) in [4.78, 5) is 25.2. The SMILES string of the molecule is CC/C=C\C/C=C\C/C=C\C/C=C\C/C=C\CCCC(=O)OCC(COCCCCCCCC/C=C\C/C=C\CCCCC)OC(=O)CCCCCCCCCCC. The molecule has 0 aliphatic heterocycles. The second-order valence-corrected chi connectivity index (χ2v) is 15.6. The Morgan fingerprint density at radius 3 is 1.33 bits per heavy atom. The van der Waals surface area contributed by atoms with Crippen molar-refractivity contribution in [2.24, 2.45) is 0 Å². The highest BCUT2D eigenvalue weighted by Crippen LogP contribution is 2.13. The number of hydrogen-bond donors (Lipinski definition) is 0. The lowest BCUT2D eigenvalue weighted by molar-refractivity contribution is -0.163. The average Bonchev–Trinajstić information content (AvgIpc) is 3.22. The first-order chi connectivity index (χ1) is 28.6. The Balaban J connectivity index is 4.33. The van der Waals surface area contributed by atoms with E-state index in [-0.39, 0.29) is 25.2 Å². The van der Waals surface area contributed by atoms with E-state index in [4.69, 9.17) is 14.2 Å². The molecule has 0 rings (SSSR count). The third-order valence-corrected chi connectivity index (χ3v) is 9.92. The molecule has 1 unspecified atom stereocenters. The van der Waals surface area contributed by atoms with Crippen LogP contribution in [0.25, 0.3) is 0 Å². The summed E-state index contributed by atoms with van der Waals surface area (Å²) in [5.41, 5.74) is 0. The summed E-state index contributed by atoms with van der Waals surface area (Å²) in [6.45, 7) is 7.58. The lowest BCUT2D eigenvalue weighted by Crippen LogP contribution is -2.30. The van der Waals surface area contributed by atoms with Crippen LogP contribution in [0.4, 0.5) is 0 Å². The van der Waals surface area contributed by atoms with E-state index in [0.29, 0.717) is 19.4 Å². The molecule has 0 heterocycles. The summed E-state index contributed by atoms with van der Waals surface area (Å²) in [5.74, 6) is -0.475. The lowest BCUT2D eigenvalue weighted by Gasteiger charge is -2.18. The normalized spacial score (nSPS) is 12.9. The van der Waals surface area contributed by atoms with Crippen LogP contribution in [0.15, 0.2) is 85.1 Å². The minimum absolute atomic E-state index is 0.0493. The van der Waals surface area contributed by atoms with E-state index in [1.807, 2.05) is 0 Å². The van der Waals surface area contributed by atoms with Crippen LogP contribution in [-0.2, 0) is 23.8 Å². The molecule has 0 aromatic heterocycles. The van der Waals surface area contributed by atoms with E-state index in [2.05, 4.69) is 106 Å². The predicted octanol–water partition coefficient (Wildman–Crippen LogP) is 16.1. The molecule has 5 heteroatoms. The summed E-state index contributed by atoms with van der Waals surface area (Å²) < 4.78 is 17.3. The molecule has 0 amide bonds. The molecule has 1 atom stereocenters. The quantitative estimate of drug-likeness (QED) is 0.0349. The van der Waals surface area contributed by atoms with Crippen molar-refractivity contribution in [3.63, 3.8) is 0 Å². The third-order valence-electron chi connectivity index (χ3n) is 9.92. The maximum Gasteiger partial charge on any atom is 0.306 e. The van der Waals surface area contributed by atoms with Gasteiger partial charge >= 0.3 is 11.9 Å². The molecule has 0 bridgehead atoms. The molecule has 0 N–H and O–H groups in total. The zero-order valence-corrected chi connectivity index (χ0v) is 38.0. The van der Waals surface area contributed by atoms with Crippen molar-refractivity contribution in [1.29, 1.82) is 0 Å². The molecular formula is C53H90O5. The zero-order chi connectivity index (χ0) is 42.1. The number of rotatable bonds is 43. The van der Waals surface area contributed by atoms with Crippen LogP contribution < -0.4 is 0 Å². The number of carbonyl (C=O) groups is 2. The van der Waals surface area contributed by atoms with Gasteiger partial charge in [-0.2, -0.15) is 0 Å². The van der Waals surface area contributed by atoms with Crippen molar-refractivity contribution in [3.8, 4) is 0 Å². The summed E-state index contributed by atoms with van der Waals surface area (Å²) in [6.07, 6.45) is 63.1. The lowest BCUT2D eigenvalue weighted by atomic mass is 10.1. The Kier molecular flexibility index (Phi) is 46.0. The summed E-state index contributed by atoms with van der Waals surface area (Å²) in [6, 6.07) is 0. The largest absolute Gasteiger partial charge is 0.462 e. The number of esters is 2. The monoisotopic (exact) mass is 807 g/mol. The first-order valence-electron chi connectivity index (χ1n) is 24.1. The van der Waals surface area contributed by atoms with Gasteiger partial charge in [0.2, 0.25) is 0 Å². The third kappa shape index (κ3) is 45.8. The fourth-order valence-corrected chi connectivity index (χ4v) is 6.34. The second-order valence-electron chi connectivity index (χ2n) is 15.6. The molecule has 0 aliphatic rings. The van der Waals surface area contributed by atoms with Gasteiger partial charge in [0.05, 0.1) is 6.61 Å². The first kappa shape index (κ1) is 55.1. The molecule has 0 aliphatic carbocycles. The fraction of sp³-hybridized carbons (Fsp3) is 0.698. The number of hydrogen-bond acceptors (Lipinski definition) is 5. The molecule has 332 valence electrons. The summed E-state index contributed by atoms with van der Waals surface area (Å²) >= 11 is 0. The highest BCUT2D eigenvalue weighted by Gasteiger charge is 2.17. The summed E-state index contributed by atoms with van der Waals surface area (Å²) in [5, 5.41) is 0. The molecule has 0 saturated heterocycles. The van der Waals surface area contributed by atoms with Crippen molar-refractivity contribution < 1.29 is 23.8 Å². The van der Waals surface area contributed by atoms with E-state index in [9.17, 15) is 9.59 Å². The molecule has 5 nitrogen and oxygen atoms in total. The minimum Gasteiger partial charge on any atom is -0.462 e. The number of ether oxygens (including phenoxy) is 3. The van der Waals surface area contributed by atoms with Gasteiger partial charge in [0.25, 0.3) is 0 Å². The van der Waals surface area contributed by atoms with Gasteiger partial charge in [0.15, 0.2) is 6.10 Å². The van der Waals surface area contributed by atoms with Crippen molar-refractivity contribution in [3.05, 3.63) is 85.1 Å². The topological polar surface area (TPSA) is 61.8 Å². The zero-order valence-electron chi connectivity index (χ0n) is 38.0. The molecule has 0 aromatic rings. The Labute approximate surface area is 359 Å². The van der Waals surface area contributed by atoms with Crippen molar-refractivity contribution in [1.82, 2.24) is 0 Å². The smallest absolute Gasteiger partial charge is 0.306 e. The van der Waals surface area contributed by atoms with E-state index in [0.717, 1.165) is 83.5 Å². The average molecular weight is 807 g/mol. The van der Waals surface area contributed by atoms with E-state index >= 15 is 0 Å². The Bertz CT molecular complexity index is 1090. The highest BCUT2D eigenvalue weighted by molar-refractivity contribution is 5.70. The van der Waals surface area contributed by atoms with Gasteiger partial charge < -0.3 is 14.2 Å². The molecule has 0 fully saturated rings. The van der Waals surface area contributed by atoms with Crippen molar-refractivity contribution >= 4 is 11.9 Å². The van der Waals surface area contributed by atoms with E-state index < -0.39 is 6.10 Å². The molecule has 0 spiro atoms. The molecular weight excluding hydrogens is 717 g/mol. The van der Waals surface area contributed by atoms with Crippen LogP contribution >= 0.6 is 0 Å².